The van der Waals surface area contributed by atoms with Crippen LogP contribution < -0.4 is 10.7 Å². The molecule has 2 amide bonds. The lowest BCUT2D eigenvalue weighted by Gasteiger charge is -2.29. The molecule has 29 heavy (non-hydrogen) atoms. The van der Waals surface area contributed by atoms with Crippen LogP contribution in [0.15, 0.2) is 42.6 Å². The van der Waals surface area contributed by atoms with Gasteiger partial charge in [0, 0.05) is 30.9 Å². The third kappa shape index (κ3) is 6.58. The molecule has 6 nitrogen and oxygen atoms in total. The summed E-state index contributed by atoms with van der Waals surface area (Å²) in [6, 6.07) is 4.72. The van der Waals surface area contributed by atoms with Crippen LogP contribution in [0, 0.1) is 5.82 Å². The Bertz CT molecular complexity index is 780. The summed E-state index contributed by atoms with van der Waals surface area (Å²) in [7, 11) is 1.74. The summed E-state index contributed by atoms with van der Waals surface area (Å²) < 4.78 is 14.0. The number of carbonyl (C=O) groups excluding carboxylic acids is 2. The first-order valence-electron chi connectivity index (χ1n) is 9.66. The van der Waals surface area contributed by atoms with Crippen LogP contribution >= 0.6 is 11.6 Å². The Morgan fingerprint density at radius 1 is 1.34 bits per heavy atom. The molecule has 0 radical (unpaired) electrons. The van der Waals surface area contributed by atoms with Gasteiger partial charge >= 0.3 is 0 Å². The van der Waals surface area contributed by atoms with Gasteiger partial charge in [0.15, 0.2) is 0 Å². The summed E-state index contributed by atoms with van der Waals surface area (Å²) in [6.07, 6.45) is 6.01. The number of hydrogen-bond donors (Lipinski definition) is 2. The molecule has 1 fully saturated rings. The molecular weight excluding hydrogens is 395 g/mol. The van der Waals surface area contributed by atoms with Gasteiger partial charge in [-0.3, -0.25) is 9.59 Å². The molecule has 1 aliphatic rings. The minimum absolute atomic E-state index is 0.0120. The predicted octanol–water partition coefficient (Wildman–Crippen LogP) is 3.00. The number of hydrazine groups is 1. The van der Waals surface area contributed by atoms with Crippen molar-refractivity contribution in [2.75, 3.05) is 20.1 Å². The van der Waals surface area contributed by atoms with Crippen molar-refractivity contribution in [3.63, 3.8) is 0 Å². The number of amides is 2. The Morgan fingerprint density at radius 3 is 2.66 bits per heavy atom. The lowest BCUT2D eigenvalue weighted by Crippen LogP contribution is -2.48. The van der Waals surface area contributed by atoms with Crippen molar-refractivity contribution in [2.24, 2.45) is 0 Å². The van der Waals surface area contributed by atoms with Crippen LogP contribution in [-0.2, 0) is 16.1 Å². The zero-order valence-electron chi connectivity index (χ0n) is 16.9. The summed E-state index contributed by atoms with van der Waals surface area (Å²) in [5.74, 6) is -1.03. The van der Waals surface area contributed by atoms with E-state index in [1.165, 1.54) is 6.07 Å². The van der Waals surface area contributed by atoms with Gasteiger partial charge in [-0.1, -0.05) is 43.3 Å². The number of allylic oxidation sites excluding steroid dienone is 3. The van der Waals surface area contributed by atoms with Crippen molar-refractivity contribution in [3.05, 3.63) is 59.0 Å². The van der Waals surface area contributed by atoms with Gasteiger partial charge in [-0.25, -0.2) is 9.82 Å². The number of nitrogens with zero attached hydrogens (tertiary/aromatic N) is 2. The van der Waals surface area contributed by atoms with Crippen LogP contribution in [0.3, 0.4) is 0 Å². The highest BCUT2D eigenvalue weighted by molar-refractivity contribution is 6.30. The summed E-state index contributed by atoms with van der Waals surface area (Å²) >= 11 is 5.77. The standard InChI is InChI=1S/C21H28ClFN4O2/c1-4-7-16(5-2)27(24-3)14-20(29)26(17-10-11-17)13-19(28)25-12-15-8-6-9-18(22)21(15)23/h4,6-9,17,24H,1,5,10-14H2,2-3H3,(H,25,28)/b16-7+. The third-order valence-corrected chi connectivity index (χ3v) is 5.00. The van der Waals surface area contributed by atoms with E-state index < -0.39 is 5.82 Å². The quantitative estimate of drug-likeness (QED) is 0.425. The number of rotatable bonds is 11. The van der Waals surface area contributed by atoms with Crippen LogP contribution in [0.1, 0.15) is 31.7 Å². The van der Waals surface area contributed by atoms with Gasteiger partial charge in [0.25, 0.3) is 0 Å². The lowest BCUT2D eigenvalue weighted by atomic mass is 10.2. The molecule has 1 aromatic carbocycles. The van der Waals surface area contributed by atoms with Crippen molar-refractivity contribution >= 4 is 23.4 Å². The van der Waals surface area contributed by atoms with Crippen LogP contribution in [0.2, 0.25) is 5.02 Å². The average molecular weight is 423 g/mol. The number of hydrogen-bond acceptors (Lipinski definition) is 4. The van der Waals surface area contributed by atoms with Crippen LogP contribution in [0.4, 0.5) is 4.39 Å². The molecule has 0 aliphatic heterocycles. The van der Waals surface area contributed by atoms with Crippen molar-refractivity contribution < 1.29 is 14.0 Å². The molecule has 1 saturated carbocycles. The van der Waals surface area contributed by atoms with E-state index in [-0.39, 0.29) is 42.5 Å². The predicted molar refractivity (Wildman–Crippen MR) is 112 cm³/mol. The zero-order valence-corrected chi connectivity index (χ0v) is 17.6. The molecule has 2 rings (SSSR count). The van der Waals surface area contributed by atoms with Gasteiger partial charge in [0.2, 0.25) is 11.8 Å². The summed E-state index contributed by atoms with van der Waals surface area (Å²) in [4.78, 5) is 26.8. The largest absolute Gasteiger partial charge is 0.350 e. The van der Waals surface area contributed by atoms with E-state index in [1.54, 1.807) is 35.2 Å². The minimum atomic E-state index is -0.546. The molecule has 0 atom stereocenters. The Balaban J connectivity index is 1.97. The van der Waals surface area contributed by atoms with Gasteiger partial charge in [-0.05, 0) is 31.4 Å². The molecular formula is C21H28ClFN4O2. The van der Waals surface area contributed by atoms with E-state index >= 15 is 0 Å². The second-order valence-corrected chi connectivity index (χ2v) is 7.21. The maximum atomic E-state index is 14.0. The molecule has 0 heterocycles. The Labute approximate surface area is 176 Å². The summed E-state index contributed by atoms with van der Waals surface area (Å²) in [5.41, 5.74) is 4.24. The maximum absolute atomic E-state index is 14.0. The second kappa shape index (κ2) is 11.0. The van der Waals surface area contributed by atoms with E-state index in [2.05, 4.69) is 17.3 Å². The van der Waals surface area contributed by atoms with Crippen LogP contribution in [0.25, 0.3) is 0 Å². The van der Waals surface area contributed by atoms with Crippen LogP contribution in [0.5, 0.6) is 0 Å². The van der Waals surface area contributed by atoms with Gasteiger partial charge in [-0.15, -0.1) is 0 Å². The molecule has 158 valence electrons. The van der Waals surface area contributed by atoms with Crippen molar-refractivity contribution in [1.29, 1.82) is 0 Å². The molecule has 1 aromatic rings. The maximum Gasteiger partial charge on any atom is 0.244 e. The molecule has 2 N–H and O–H groups in total. The Morgan fingerprint density at radius 2 is 2.07 bits per heavy atom. The van der Waals surface area contributed by atoms with Crippen molar-refractivity contribution in [3.8, 4) is 0 Å². The fourth-order valence-corrected chi connectivity index (χ4v) is 3.18. The Hall–Kier alpha value is -2.38. The van der Waals surface area contributed by atoms with E-state index in [4.69, 9.17) is 11.6 Å². The normalized spacial score (nSPS) is 13.7. The first-order chi connectivity index (χ1) is 13.9. The van der Waals surface area contributed by atoms with Crippen molar-refractivity contribution in [2.45, 2.75) is 38.8 Å². The molecule has 0 aromatic heterocycles. The average Bonchev–Trinajstić information content (AvgIpc) is 3.54. The highest BCUT2D eigenvalue weighted by Crippen LogP contribution is 2.27. The van der Waals surface area contributed by atoms with E-state index in [9.17, 15) is 14.0 Å². The number of halogens is 2. The number of benzene rings is 1. The zero-order chi connectivity index (χ0) is 21.4. The summed E-state index contributed by atoms with van der Waals surface area (Å²) in [5, 5.41) is 4.43. The first kappa shape index (κ1) is 22.9. The van der Waals surface area contributed by atoms with Gasteiger partial charge in [-0.2, -0.15) is 0 Å². The molecule has 0 spiro atoms. The van der Waals surface area contributed by atoms with Crippen molar-refractivity contribution in [1.82, 2.24) is 20.7 Å². The Kier molecular flexibility index (Phi) is 8.67. The molecule has 0 bridgehead atoms. The monoisotopic (exact) mass is 422 g/mol. The third-order valence-electron chi connectivity index (χ3n) is 4.71. The minimum Gasteiger partial charge on any atom is -0.350 e. The molecule has 0 saturated heterocycles. The molecule has 1 aliphatic carbocycles. The lowest BCUT2D eigenvalue weighted by molar-refractivity contribution is -0.137. The SMILES string of the molecule is C=C/C=C(\CC)N(CC(=O)N(CC(=O)NCc1cccc(Cl)c1F)C1CC1)NC. The number of nitrogens with one attached hydrogen (secondary N) is 2. The fraction of sp³-hybridized carbons (Fsp3) is 0.429. The van der Waals surface area contributed by atoms with Gasteiger partial charge in [0.1, 0.15) is 12.4 Å². The highest BCUT2D eigenvalue weighted by atomic mass is 35.5. The van der Waals surface area contributed by atoms with Gasteiger partial charge in [0.05, 0.1) is 11.6 Å². The van der Waals surface area contributed by atoms with E-state index in [0.29, 0.717) is 5.56 Å². The first-order valence-corrected chi connectivity index (χ1v) is 10.0. The molecule has 8 heteroatoms. The molecule has 0 unspecified atom stereocenters. The topological polar surface area (TPSA) is 64.7 Å². The highest BCUT2D eigenvalue weighted by Gasteiger charge is 2.34. The summed E-state index contributed by atoms with van der Waals surface area (Å²) in [6.45, 7) is 5.76. The smallest absolute Gasteiger partial charge is 0.244 e. The van der Waals surface area contributed by atoms with E-state index in [0.717, 1.165) is 25.0 Å². The van der Waals surface area contributed by atoms with E-state index in [1.807, 2.05) is 13.0 Å². The number of carbonyl (C=O) groups is 2. The van der Waals surface area contributed by atoms with Gasteiger partial charge < -0.3 is 15.2 Å². The van der Waals surface area contributed by atoms with Crippen LogP contribution in [-0.4, -0.2) is 47.9 Å². The fourth-order valence-electron chi connectivity index (χ4n) is 2.98. The second-order valence-electron chi connectivity index (χ2n) is 6.80.